The zero-order valence-electron chi connectivity index (χ0n) is 9.93. The van der Waals surface area contributed by atoms with Crippen LogP contribution in [-0.4, -0.2) is 23.7 Å². The maximum absolute atomic E-state index is 11.4. The predicted molar refractivity (Wildman–Crippen MR) is 63.6 cm³/mol. The summed E-state index contributed by atoms with van der Waals surface area (Å²) in [6.07, 6.45) is -0.286. The molecule has 18 heavy (non-hydrogen) atoms. The van der Waals surface area contributed by atoms with Crippen molar-refractivity contribution < 1.29 is 19.2 Å². The number of nitrogens with one attached hydrogen (secondary N) is 1. The van der Waals surface area contributed by atoms with Crippen molar-refractivity contribution in [2.45, 2.75) is 13.3 Å². The van der Waals surface area contributed by atoms with Crippen LogP contribution in [0.2, 0.25) is 0 Å². The topological polar surface area (TPSA) is 98.5 Å². The number of rotatable bonds is 5. The van der Waals surface area contributed by atoms with Crippen molar-refractivity contribution in [3.8, 4) is 5.75 Å². The summed E-state index contributed by atoms with van der Waals surface area (Å²) < 4.78 is 4.96. The number of carbonyl (C=O) groups excluding carboxylic acids is 2. The molecule has 0 aromatic heterocycles. The van der Waals surface area contributed by atoms with Crippen molar-refractivity contribution >= 4 is 23.1 Å². The Morgan fingerprint density at radius 3 is 2.61 bits per heavy atom. The number of nitro benzene ring substituents is 1. The molecular formula is C11H12N2O5. The lowest BCUT2D eigenvalue weighted by atomic mass is 10.2. The molecule has 0 atom stereocenters. The second-order valence-electron chi connectivity index (χ2n) is 3.57. The fourth-order valence-corrected chi connectivity index (χ4v) is 1.33. The van der Waals surface area contributed by atoms with Gasteiger partial charge >= 0.3 is 0 Å². The molecule has 0 unspecified atom stereocenters. The SMILES string of the molecule is COc1ccc([N+](=O)[O-])cc1NC(=O)CC(C)=O. The number of carbonyl (C=O) groups is 2. The molecule has 96 valence electrons. The van der Waals surface area contributed by atoms with Crippen molar-refractivity contribution in [2.75, 3.05) is 12.4 Å². The number of hydrogen-bond donors (Lipinski definition) is 1. The summed E-state index contributed by atoms with van der Waals surface area (Å²) in [4.78, 5) is 32.2. The minimum atomic E-state index is -0.583. The van der Waals surface area contributed by atoms with E-state index in [0.717, 1.165) is 0 Å². The molecule has 1 N–H and O–H groups in total. The number of nitrogens with zero attached hydrogens (tertiary/aromatic N) is 1. The van der Waals surface area contributed by atoms with Gasteiger partial charge in [0.2, 0.25) is 5.91 Å². The first kappa shape index (κ1) is 13.6. The molecule has 7 heteroatoms. The van der Waals surface area contributed by atoms with Gasteiger partial charge in [-0.15, -0.1) is 0 Å². The highest BCUT2D eigenvalue weighted by atomic mass is 16.6. The maximum Gasteiger partial charge on any atom is 0.271 e. The minimum Gasteiger partial charge on any atom is -0.495 e. The van der Waals surface area contributed by atoms with E-state index in [1.807, 2.05) is 0 Å². The average molecular weight is 252 g/mol. The zero-order valence-corrected chi connectivity index (χ0v) is 9.93. The van der Waals surface area contributed by atoms with Gasteiger partial charge in [0.15, 0.2) is 0 Å². The number of anilines is 1. The molecule has 0 bridgehead atoms. The maximum atomic E-state index is 11.4. The van der Waals surface area contributed by atoms with E-state index in [9.17, 15) is 19.7 Å². The Kier molecular flexibility index (Phi) is 4.36. The third-order valence-electron chi connectivity index (χ3n) is 2.08. The number of methoxy groups -OCH3 is 1. The van der Waals surface area contributed by atoms with Gasteiger partial charge in [-0.1, -0.05) is 0 Å². The number of non-ortho nitro benzene ring substituents is 1. The zero-order chi connectivity index (χ0) is 13.7. The molecule has 1 amide bonds. The molecule has 0 spiro atoms. The van der Waals surface area contributed by atoms with Gasteiger partial charge in [-0.05, 0) is 13.0 Å². The predicted octanol–water partition coefficient (Wildman–Crippen LogP) is 1.52. The lowest BCUT2D eigenvalue weighted by Crippen LogP contribution is -2.15. The highest BCUT2D eigenvalue weighted by Gasteiger charge is 2.14. The number of Topliss-reactive ketones (excluding diaryl/α,β-unsaturated/α-hetero) is 1. The highest BCUT2D eigenvalue weighted by Crippen LogP contribution is 2.28. The summed E-state index contributed by atoms with van der Waals surface area (Å²) in [7, 11) is 1.38. The second kappa shape index (κ2) is 5.76. The van der Waals surface area contributed by atoms with Crippen molar-refractivity contribution in [3.05, 3.63) is 28.3 Å². The van der Waals surface area contributed by atoms with Crippen LogP contribution in [0.15, 0.2) is 18.2 Å². The number of nitro groups is 1. The van der Waals surface area contributed by atoms with Gasteiger partial charge in [0.25, 0.3) is 5.69 Å². The lowest BCUT2D eigenvalue weighted by molar-refractivity contribution is -0.384. The molecule has 0 aliphatic rings. The Hall–Kier alpha value is -2.44. The Balaban J connectivity index is 2.97. The van der Waals surface area contributed by atoms with Crippen molar-refractivity contribution in [3.63, 3.8) is 0 Å². The first-order chi connectivity index (χ1) is 8.43. The molecule has 7 nitrogen and oxygen atoms in total. The van der Waals surface area contributed by atoms with Crippen molar-refractivity contribution in [1.29, 1.82) is 0 Å². The fraction of sp³-hybridized carbons (Fsp3) is 0.273. The monoisotopic (exact) mass is 252 g/mol. The molecule has 0 radical (unpaired) electrons. The Labute approximate surface area is 103 Å². The van der Waals surface area contributed by atoms with Crippen molar-refractivity contribution in [1.82, 2.24) is 0 Å². The normalized spacial score (nSPS) is 9.67. The summed E-state index contributed by atoms with van der Waals surface area (Å²) in [6.45, 7) is 1.28. The van der Waals surface area contributed by atoms with E-state index in [-0.39, 0.29) is 29.3 Å². The first-order valence-electron chi connectivity index (χ1n) is 5.05. The van der Waals surface area contributed by atoms with Gasteiger partial charge in [0, 0.05) is 12.1 Å². The number of ketones is 1. The molecule has 1 aromatic carbocycles. The largest absolute Gasteiger partial charge is 0.495 e. The van der Waals surface area contributed by atoms with Crippen LogP contribution in [0.25, 0.3) is 0 Å². The van der Waals surface area contributed by atoms with E-state index in [0.29, 0.717) is 0 Å². The number of amides is 1. The average Bonchev–Trinajstić information content (AvgIpc) is 2.27. The van der Waals surface area contributed by atoms with E-state index in [1.54, 1.807) is 0 Å². The van der Waals surface area contributed by atoms with Gasteiger partial charge in [0.1, 0.15) is 11.5 Å². The molecule has 0 saturated carbocycles. The molecule has 1 aromatic rings. The third-order valence-corrected chi connectivity index (χ3v) is 2.08. The summed E-state index contributed by atoms with van der Waals surface area (Å²) >= 11 is 0. The summed E-state index contributed by atoms with van der Waals surface area (Å²) in [5.41, 5.74) is -0.00752. The Morgan fingerprint density at radius 2 is 2.11 bits per heavy atom. The van der Waals surface area contributed by atoms with Gasteiger partial charge in [-0.25, -0.2) is 0 Å². The molecule has 0 heterocycles. The third kappa shape index (κ3) is 3.55. The Bertz CT molecular complexity index is 498. The van der Waals surface area contributed by atoms with Gasteiger partial charge in [0.05, 0.1) is 24.1 Å². The number of hydrogen-bond acceptors (Lipinski definition) is 5. The number of benzene rings is 1. The molecule has 1 rings (SSSR count). The van der Waals surface area contributed by atoms with Gasteiger partial charge in [-0.2, -0.15) is 0 Å². The minimum absolute atomic E-state index is 0.165. The molecule has 0 aliphatic carbocycles. The molecular weight excluding hydrogens is 240 g/mol. The molecule has 0 fully saturated rings. The summed E-state index contributed by atoms with van der Waals surface area (Å²) in [5, 5.41) is 13.0. The van der Waals surface area contributed by atoms with Gasteiger partial charge in [-0.3, -0.25) is 19.7 Å². The smallest absolute Gasteiger partial charge is 0.271 e. The van der Waals surface area contributed by atoms with Crippen molar-refractivity contribution in [2.24, 2.45) is 0 Å². The van der Waals surface area contributed by atoms with Crippen LogP contribution in [0.5, 0.6) is 5.75 Å². The fourth-order valence-electron chi connectivity index (χ4n) is 1.33. The van der Waals surface area contributed by atoms with Crippen LogP contribution in [0.3, 0.4) is 0 Å². The van der Waals surface area contributed by atoms with Crippen LogP contribution >= 0.6 is 0 Å². The van der Waals surface area contributed by atoms with Gasteiger partial charge < -0.3 is 10.1 Å². The van der Waals surface area contributed by atoms with E-state index in [4.69, 9.17) is 4.74 Å². The van der Waals surface area contributed by atoms with E-state index < -0.39 is 10.8 Å². The van der Waals surface area contributed by atoms with Crippen LogP contribution in [-0.2, 0) is 9.59 Å². The first-order valence-corrected chi connectivity index (χ1v) is 5.05. The van der Waals surface area contributed by atoms with E-state index in [1.165, 1.54) is 32.2 Å². The van der Waals surface area contributed by atoms with Crippen LogP contribution in [0, 0.1) is 10.1 Å². The van der Waals surface area contributed by atoms with E-state index >= 15 is 0 Å². The lowest BCUT2D eigenvalue weighted by Gasteiger charge is -2.09. The standard InChI is InChI=1S/C11H12N2O5/c1-7(14)5-11(15)12-9-6-8(13(16)17)3-4-10(9)18-2/h3-4,6H,5H2,1-2H3,(H,12,15). The Morgan fingerprint density at radius 1 is 1.44 bits per heavy atom. The highest BCUT2D eigenvalue weighted by molar-refractivity contribution is 6.04. The molecule has 0 aliphatic heterocycles. The summed E-state index contributed by atoms with van der Waals surface area (Å²) in [5.74, 6) is -0.546. The van der Waals surface area contributed by atoms with Crippen LogP contribution in [0.4, 0.5) is 11.4 Å². The van der Waals surface area contributed by atoms with E-state index in [2.05, 4.69) is 5.32 Å². The quantitative estimate of drug-likeness (QED) is 0.486. The summed E-state index contributed by atoms with van der Waals surface area (Å²) in [6, 6.07) is 3.82. The van der Waals surface area contributed by atoms with Crippen LogP contribution < -0.4 is 10.1 Å². The second-order valence-corrected chi connectivity index (χ2v) is 3.57. The molecule has 0 saturated heterocycles. The number of ether oxygens (including phenoxy) is 1. The van der Waals surface area contributed by atoms with Crippen LogP contribution in [0.1, 0.15) is 13.3 Å².